The number of nitrogens with zero attached hydrogens (tertiary/aromatic N) is 3. The molecule has 2 atom stereocenters. The van der Waals surface area contributed by atoms with E-state index in [0.717, 1.165) is 24.1 Å². The third kappa shape index (κ3) is 3.03. The molecule has 2 fully saturated rings. The fourth-order valence-corrected chi connectivity index (χ4v) is 4.41. The Hall–Kier alpha value is -0.970. The van der Waals surface area contributed by atoms with E-state index in [4.69, 9.17) is 4.99 Å². The molecule has 3 rings (SSSR count). The molecule has 4 nitrogen and oxygen atoms in total. The number of hydrogen-bond acceptors (Lipinski definition) is 3. The van der Waals surface area contributed by atoms with E-state index in [9.17, 15) is 0 Å². The molecule has 20 heavy (non-hydrogen) atoms. The lowest BCUT2D eigenvalue weighted by Crippen LogP contribution is -2.46. The van der Waals surface area contributed by atoms with Crippen molar-refractivity contribution in [3.63, 3.8) is 0 Å². The van der Waals surface area contributed by atoms with E-state index in [0.29, 0.717) is 6.04 Å². The smallest absolute Gasteiger partial charge is 0.157 e. The van der Waals surface area contributed by atoms with E-state index in [1.807, 2.05) is 23.5 Å². The normalized spacial score (nSPS) is 28.2. The summed E-state index contributed by atoms with van der Waals surface area (Å²) < 4.78 is 1.90. The van der Waals surface area contributed by atoms with Gasteiger partial charge < -0.3 is 5.32 Å². The van der Waals surface area contributed by atoms with Crippen LogP contribution in [-0.2, 0) is 20.0 Å². The van der Waals surface area contributed by atoms with Crippen LogP contribution in [0.15, 0.2) is 11.2 Å². The van der Waals surface area contributed by atoms with Crippen molar-refractivity contribution in [2.45, 2.75) is 51.6 Å². The van der Waals surface area contributed by atoms with E-state index in [1.165, 1.54) is 42.7 Å². The molecule has 110 valence electrons. The molecular formula is C15H24N4S. The summed E-state index contributed by atoms with van der Waals surface area (Å²) in [5.41, 5.74) is 2.43. The minimum Gasteiger partial charge on any atom is -0.362 e. The van der Waals surface area contributed by atoms with E-state index >= 15 is 0 Å². The molecule has 2 heterocycles. The van der Waals surface area contributed by atoms with Crippen LogP contribution in [0.25, 0.3) is 0 Å². The van der Waals surface area contributed by atoms with Crippen molar-refractivity contribution in [1.82, 2.24) is 15.1 Å². The van der Waals surface area contributed by atoms with Gasteiger partial charge in [0.1, 0.15) is 0 Å². The molecule has 5 heteroatoms. The van der Waals surface area contributed by atoms with Crippen molar-refractivity contribution in [3.8, 4) is 0 Å². The van der Waals surface area contributed by atoms with Crippen LogP contribution < -0.4 is 5.32 Å². The Morgan fingerprint density at radius 1 is 1.45 bits per heavy atom. The second-order valence-electron chi connectivity index (χ2n) is 5.86. The van der Waals surface area contributed by atoms with Crippen LogP contribution in [-0.4, -0.2) is 26.7 Å². The molecular weight excluding hydrogens is 268 g/mol. The second kappa shape index (κ2) is 6.20. The van der Waals surface area contributed by atoms with Gasteiger partial charge in [-0.2, -0.15) is 5.10 Å². The molecule has 1 saturated heterocycles. The number of hydrogen-bond donors (Lipinski definition) is 1. The number of aliphatic imine (C=N–C) groups is 1. The summed E-state index contributed by atoms with van der Waals surface area (Å²) in [6.07, 6.45) is 8.56. The molecule has 0 aromatic carbocycles. The first kappa shape index (κ1) is 14.0. The quantitative estimate of drug-likeness (QED) is 0.931. The summed E-state index contributed by atoms with van der Waals surface area (Å²) in [6, 6.07) is 0.670. The topological polar surface area (TPSA) is 42.2 Å². The van der Waals surface area contributed by atoms with Crippen LogP contribution in [0.1, 0.15) is 43.9 Å². The highest BCUT2D eigenvalue weighted by atomic mass is 32.2. The molecule has 0 spiro atoms. The van der Waals surface area contributed by atoms with Crippen molar-refractivity contribution in [1.29, 1.82) is 0 Å². The maximum atomic E-state index is 4.78. The van der Waals surface area contributed by atoms with Gasteiger partial charge in [0.05, 0.1) is 12.2 Å². The summed E-state index contributed by atoms with van der Waals surface area (Å²) in [5.74, 6) is 2.10. The van der Waals surface area contributed by atoms with E-state index in [1.54, 1.807) is 0 Å². The Labute approximate surface area is 125 Å². The molecule has 1 aromatic rings. The zero-order valence-corrected chi connectivity index (χ0v) is 13.2. The minimum absolute atomic E-state index is 0.670. The van der Waals surface area contributed by atoms with Crippen LogP contribution in [0.5, 0.6) is 0 Å². The van der Waals surface area contributed by atoms with Gasteiger partial charge in [0.25, 0.3) is 0 Å². The minimum atomic E-state index is 0.670. The highest BCUT2D eigenvalue weighted by molar-refractivity contribution is 8.13. The van der Waals surface area contributed by atoms with Gasteiger partial charge in [-0.05, 0) is 25.2 Å². The van der Waals surface area contributed by atoms with Gasteiger partial charge in [0.15, 0.2) is 5.17 Å². The van der Waals surface area contributed by atoms with Gasteiger partial charge in [-0.25, -0.2) is 0 Å². The number of amidine groups is 1. The first-order valence-electron chi connectivity index (χ1n) is 7.71. The van der Waals surface area contributed by atoms with Crippen molar-refractivity contribution < 1.29 is 0 Å². The highest BCUT2D eigenvalue weighted by Crippen LogP contribution is 2.31. The van der Waals surface area contributed by atoms with Gasteiger partial charge in [-0.15, -0.1) is 0 Å². The molecule has 2 aliphatic rings. The largest absolute Gasteiger partial charge is 0.362 e. The molecule has 0 radical (unpaired) electrons. The van der Waals surface area contributed by atoms with Crippen LogP contribution in [0.3, 0.4) is 0 Å². The van der Waals surface area contributed by atoms with Gasteiger partial charge in [0.2, 0.25) is 0 Å². The number of thioether (sulfide) groups is 1. The lowest BCUT2D eigenvalue weighted by atomic mass is 9.86. The van der Waals surface area contributed by atoms with Crippen molar-refractivity contribution >= 4 is 16.9 Å². The first-order valence-corrected chi connectivity index (χ1v) is 8.70. The second-order valence-corrected chi connectivity index (χ2v) is 6.86. The summed E-state index contributed by atoms with van der Waals surface area (Å²) in [4.78, 5) is 4.78. The summed E-state index contributed by atoms with van der Waals surface area (Å²) >= 11 is 1.90. The fourth-order valence-electron chi connectivity index (χ4n) is 3.25. The van der Waals surface area contributed by atoms with Gasteiger partial charge in [-0.3, -0.25) is 9.67 Å². The number of aryl methyl sites for hydroxylation is 2. The molecule has 2 unspecified atom stereocenters. The van der Waals surface area contributed by atoms with Crippen molar-refractivity contribution in [3.05, 3.63) is 17.5 Å². The maximum Gasteiger partial charge on any atom is 0.157 e. The zero-order valence-electron chi connectivity index (χ0n) is 12.4. The van der Waals surface area contributed by atoms with Crippen molar-refractivity contribution in [2.24, 2.45) is 18.0 Å². The van der Waals surface area contributed by atoms with Gasteiger partial charge in [-0.1, -0.05) is 31.5 Å². The Bertz CT molecular complexity index is 494. The highest BCUT2D eigenvalue weighted by Gasteiger charge is 2.30. The average molecular weight is 292 g/mol. The molecule has 1 saturated carbocycles. The number of aromatic nitrogens is 2. The van der Waals surface area contributed by atoms with Gasteiger partial charge in [0, 0.05) is 30.6 Å². The SMILES string of the molecule is CCc1nn(C)cc1CN=C1NC2CCCCC2CS1. The molecule has 0 amide bonds. The number of nitrogens with one attached hydrogen (secondary N) is 1. The fraction of sp³-hybridized carbons (Fsp3) is 0.733. The van der Waals surface area contributed by atoms with E-state index < -0.39 is 0 Å². The molecule has 1 aliphatic heterocycles. The monoisotopic (exact) mass is 292 g/mol. The third-order valence-electron chi connectivity index (χ3n) is 4.37. The van der Waals surface area contributed by atoms with Crippen LogP contribution in [0.2, 0.25) is 0 Å². The lowest BCUT2D eigenvalue weighted by molar-refractivity contribution is 0.311. The number of fused-ring (bicyclic) bond motifs is 1. The van der Waals surface area contributed by atoms with E-state index in [2.05, 4.69) is 23.5 Å². The molecule has 1 N–H and O–H groups in total. The summed E-state index contributed by atoms with van der Waals surface area (Å²) in [7, 11) is 1.98. The lowest BCUT2D eigenvalue weighted by Gasteiger charge is -2.36. The van der Waals surface area contributed by atoms with E-state index in [-0.39, 0.29) is 0 Å². The average Bonchev–Trinajstić information content (AvgIpc) is 2.85. The predicted molar refractivity (Wildman–Crippen MR) is 85.1 cm³/mol. The van der Waals surface area contributed by atoms with Crippen LogP contribution >= 0.6 is 11.8 Å². The molecule has 0 bridgehead atoms. The zero-order chi connectivity index (χ0) is 13.9. The number of rotatable bonds is 3. The van der Waals surface area contributed by atoms with Crippen molar-refractivity contribution in [2.75, 3.05) is 5.75 Å². The van der Waals surface area contributed by atoms with Gasteiger partial charge >= 0.3 is 0 Å². The Balaban J connectivity index is 1.64. The predicted octanol–water partition coefficient (Wildman–Crippen LogP) is 2.73. The van der Waals surface area contributed by atoms with Crippen LogP contribution in [0.4, 0.5) is 0 Å². The summed E-state index contributed by atoms with van der Waals surface area (Å²) in [6.45, 7) is 2.91. The maximum absolute atomic E-state index is 4.78. The summed E-state index contributed by atoms with van der Waals surface area (Å²) in [5, 5.41) is 9.27. The molecule has 1 aliphatic carbocycles. The third-order valence-corrected chi connectivity index (χ3v) is 5.49. The Kier molecular flexibility index (Phi) is 4.34. The molecule has 1 aromatic heterocycles. The Morgan fingerprint density at radius 3 is 3.15 bits per heavy atom. The standard InChI is InChI=1S/C15H24N4S/c1-3-13-12(9-19(2)18-13)8-16-15-17-14-7-5-4-6-11(14)10-20-15/h9,11,14H,3-8,10H2,1-2H3,(H,16,17). The first-order chi connectivity index (χ1) is 9.76. The van der Waals surface area contributed by atoms with Crippen LogP contribution in [0, 0.1) is 5.92 Å². The Morgan fingerprint density at radius 2 is 2.30 bits per heavy atom.